The molecule has 2 aliphatic carbocycles. The lowest BCUT2D eigenvalue weighted by molar-refractivity contribution is 0.162. The minimum Gasteiger partial charge on any atom is -0.330 e. The Balaban J connectivity index is 1.36. The minimum atomic E-state index is -1.42. The first-order chi connectivity index (χ1) is 14.0. The van der Waals surface area contributed by atoms with E-state index in [4.69, 9.17) is 5.73 Å². The summed E-state index contributed by atoms with van der Waals surface area (Å²) in [4.78, 5) is 0. The van der Waals surface area contributed by atoms with Crippen molar-refractivity contribution in [2.75, 3.05) is 6.54 Å². The zero-order valence-electron chi connectivity index (χ0n) is 16.8. The van der Waals surface area contributed by atoms with E-state index in [-0.39, 0.29) is 0 Å². The van der Waals surface area contributed by atoms with Gasteiger partial charge in [-0.05, 0) is 110 Å². The number of nitrogens with two attached hydrogens (primary N) is 1. The lowest BCUT2D eigenvalue weighted by atomic mass is 9.68. The van der Waals surface area contributed by atoms with Gasteiger partial charge in [0.1, 0.15) is 0 Å². The van der Waals surface area contributed by atoms with E-state index >= 15 is 0 Å². The molecule has 0 aliphatic heterocycles. The van der Waals surface area contributed by atoms with Crippen molar-refractivity contribution < 1.29 is 13.2 Å². The Morgan fingerprint density at radius 2 is 1.21 bits per heavy atom. The first kappa shape index (κ1) is 20.5. The van der Waals surface area contributed by atoms with Crippen LogP contribution >= 0.6 is 0 Å². The Morgan fingerprint density at radius 1 is 0.690 bits per heavy atom. The van der Waals surface area contributed by atoms with Crippen LogP contribution in [0, 0.1) is 35.2 Å². The molecule has 4 heteroatoms. The maximum Gasteiger partial charge on any atom is 0.194 e. The molecule has 0 radical (unpaired) electrons. The Bertz CT molecular complexity index is 793. The fourth-order valence-corrected chi connectivity index (χ4v) is 5.49. The monoisotopic (exact) mass is 401 g/mol. The smallest absolute Gasteiger partial charge is 0.194 e. The summed E-state index contributed by atoms with van der Waals surface area (Å²) >= 11 is 0. The molecule has 2 aromatic carbocycles. The van der Waals surface area contributed by atoms with Crippen molar-refractivity contribution in [3.63, 3.8) is 0 Å². The molecule has 0 spiro atoms. The number of benzene rings is 2. The molecule has 0 saturated heterocycles. The Labute approximate surface area is 171 Å². The van der Waals surface area contributed by atoms with Gasteiger partial charge in [0, 0.05) is 0 Å². The molecule has 2 aliphatic rings. The summed E-state index contributed by atoms with van der Waals surface area (Å²) in [5.41, 5.74) is 8.19. The van der Waals surface area contributed by atoms with E-state index in [0.717, 1.165) is 36.4 Å². The van der Waals surface area contributed by atoms with E-state index in [1.54, 1.807) is 0 Å². The second-order valence-corrected chi connectivity index (χ2v) is 9.00. The summed E-state index contributed by atoms with van der Waals surface area (Å²) in [6, 6.07) is 10.0. The lowest BCUT2D eigenvalue weighted by Crippen LogP contribution is -2.27. The van der Waals surface area contributed by atoms with Crippen LogP contribution in [0.2, 0.25) is 0 Å². The van der Waals surface area contributed by atoms with Crippen LogP contribution in [-0.2, 0) is 0 Å². The predicted octanol–water partition coefficient (Wildman–Crippen LogP) is 6.81. The molecule has 0 aromatic heterocycles. The Hall–Kier alpha value is -1.81. The second kappa shape index (κ2) is 8.91. The molecule has 2 fully saturated rings. The van der Waals surface area contributed by atoms with E-state index in [1.165, 1.54) is 56.9 Å². The molecule has 0 amide bonds. The van der Waals surface area contributed by atoms with Crippen molar-refractivity contribution in [2.24, 2.45) is 23.5 Å². The van der Waals surface area contributed by atoms with Gasteiger partial charge < -0.3 is 5.73 Å². The van der Waals surface area contributed by atoms with Gasteiger partial charge in [-0.1, -0.05) is 24.3 Å². The summed E-state index contributed by atoms with van der Waals surface area (Å²) in [6.07, 6.45) is 10.3. The molecule has 0 atom stereocenters. The lowest BCUT2D eigenvalue weighted by Gasteiger charge is -2.37. The number of halogens is 3. The van der Waals surface area contributed by atoms with Gasteiger partial charge in [-0.15, -0.1) is 0 Å². The van der Waals surface area contributed by atoms with E-state index in [0.29, 0.717) is 17.0 Å². The summed E-state index contributed by atoms with van der Waals surface area (Å²) < 4.78 is 40.2. The minimum absolute atomic E-state index is 0.366. The van der Waals surface area contributed by atoms with Crippen LogP contribution in [0.4, 0.5) is 13.2 Å². The highest BCUT2D eigenvalue weighted by Gasteiger charge is 2.31. The molecular formula is C25H30F3N. The molecule has 4 rings (SSSR count). The summed E-state index contributed by atoms with van der Waals surface area (Å²) in [7, 11) is 0. The van der Waals surface area contributed by atoms with Crippen molar-refractivity contribution >= 4 is 0 Å². The summed E-state index contributed by atoms with van der Waals surface area (Å²) in [5.74, 6) is -0.685. The zero-order chi connectivity index (χ0) is 20.4. The van der Waals surface area contributed by atoms with Crippen LogP contribution in [0.1, 0.15) is 62.8 Å². The van der Waals surface area contributed by atoms with Gasteiger partial charge in [0.2, 0.25) is 0 Å². The third kappa shape index (κ3) is 4.53. The van der Waals surface area contributed by atoms with Crippen molar-refractivity contribution in [1.29, 1.82) is 0 Å². The average molecular weight is 402 g/mol. The van der Waals surface area contributed by atoms with Crippen LogP contribution in [0.5, 0.6) is 0 Å². The highest BCUT2D eigenvalue weighted by Crippen LogP contribution is 2.44. The number of hydrogen-bond acceptors (Lipinski definition) is 1. The van der Waals surface area contributed by atoms with Gasteiger partial charge in [-0.25, -0.2) is 13.2 Å². The Kier molecular flexibility index (Phi) is 6.29. The predicted molar refractivity (Wildman–Crippen MR) is 111 cm³/mol. The van der Waals surface area contributed by atoms with Crippen molar-refractivity contribution in [3.8, 4) is 11.1 Å². The van der Waals surface area contributed by atoms with Crippen LogP contribution < -0.4 is 5.73 Å². The van der Waals surface area contributed by atoms with Crippen molar-refractivity contribution in [1.82, 2.24) is 0 Å². The van der Waals surface area contributed by atoms with Gasteiger partial charge in [0.05, 0.1) is 0 Å². The molecule has 1 nitrogen and oxygen atoms in total. The summed E-state index contributed by atoms with van der Waals surface area (Å²) in [6.45, 7) is 0.840. The van der Waals surface area contributed by atoms with Crippen LogP contribution in [0.25, 0.3) is 11.1 Å². The van der Waals surface area contributed by atoms with Gasteiger partial charge in [-0.3, -0.25) is 0 Å². The highest BCUT2D eigenvalue weighted by molar-refractivity contribution is 5.64. The first-order valence-electron chi connectivity index (χ1n) is 11.0. The normalized spacial score (nSPS) is 27.7. The third-order valence-electron chi connectivity index (χ3n) is 7.36. The van der Waals surface area contributed by atoms with Gasteiger partial charge in [0.25, 0.3) is 0 Å². The van der Waals surface area contributed by atoms with Crippen LogP contribution in [-0.4, -0.2) is 6.54 Å². The third-order valence-corrected chi connectivity index (χ3v) is 7.36. The molecule has 156 valence electrons. The average Bonchev–Trinajstić information content (AvgIpc) is 2.77. The number of hydrogen-bond donors (Lipinski definition) is 1. The molecule has 0 bridgehead atoms. The molecule has 2 aromatic rings. The van der Waals surface area contributed by atoms with E-state index in [9.17, 15) is 13.2 Å². The fraction of sp³-hybridized carbons (Fsp3) is 0.520. The topological polar surface area (TPSA) is 26.0 Å². The fourth-order valence-electron chi connectivity index (χ4n) is 5.49. The van der Waals surface area contributed by atoms with Crippen molar-refractivity contribution in [2.45, 2.75) is 57.3 Å². The number of rotatable bonds is 4. The van der Waals surface area contributed by atoms with E-state index in [1.807, 2.05) is 12.1 Å². The highest BCUT2D eigenvalue weighted by atomic mass is 19.2. The zero-order valence-corrected chi connectivity index (χ0v) is 16.8. The largest absolute Gasteiger partial charge is 0.330 e. The quantitative estimate of drug-likeness (QED) is 0.560. The first-order valence-corrected chi connectivity index (χ1v) is 11.0. The molecule has 0 unspecified atom stereocenters. The van der Waals surface area contributed by atoms with Crippen LogP contribution in [0.15, 0.2) is 36.4 Å². The SMILES string of the molecule is NCC1CCC(C2CCC(c3ccc(-c4cc(F)c(F)c(F)c4)cc3)CC2)CC1. The maximum absolute atomic E-state index is 13.5. The molecular weight excluding hydrogens is 371 g/mol. The van der Waals surface area contributed by atoms with Gasteiger partial charge >= 0.3 is 0 Å². The van der Waals surface area contributed by atoms with E-state index in [2.05, 4.69) is 12.1 Å². The van der Waals surface area contributed by atoms with Crippen LogP contribution in [0.3, 0.4) is 0 Å². The van der Waals surface area contributed by atoms with Gasteiger partial charge in [-0.2, -0.15) is 0 Å². The van der Waals surface area contributed by atoms with Crippen molar-refractivity contribution in [3.05, 3.63) is 59.4 Å². The standard InChI is InChI=1S/C25H30F3N/c26-23-13-22(14-24(27)25(23)28)21-11-9-20(10-12-21)19-7-5-18(6-8-19)17-3-1-16(15-29)2-4-17/h9-14,16-19H,1-8,15,29H2. The van der Waals surface area contributed by atoms with Gasteiger partial charge in [0.15, 0.2) is 17.5 Å². The molecule has 2 saturated carbocycles. The Morgan fingerprint density at radius 3 is 1.72 bits per heavy atom. The maximum atomic E-state index is 13.5. The second-order valence-electron chi connectivity index (χ2n) is 9.00. The molecule has 0 heterocycles. The molecule has 2 N–H and O–H groups in total. The van der Waals surface area contributed by atoms with E-state index < -0.39 is 17.5 Å². The summed E-state index contributed by atoms with van der Waals surface area (Å²) in [5, 5.41) is 0. The molecule has 29 heavy (non-hydrogen) atoms.